The third-order valence-corrected chi connectivity index (χ3v) is 5.33. The molecule has 0 aliphatic heterocycles. The fourth-order valence-corrected chi connectivity index (χ4v) is 3.99. The van der Waals surface area contributed by atoms with Gasteiger partial charge in [-0.15, -0.1) is 11.3 Å². The Kier molecular flexibility index (Phi) is 3.27. The van der Waals surface area contributed by atoms with E-state index in [1.165, 1.54) is 34.2 Å². The van der Waals surface area contributed by atoms with Crippen LogP contribution in [-0.4, -0.2) is 13.7 Å². The second-order valence-electron chi connectivity index (χ2n) is 5.09. The van der Waals surface area contributed by atoms with Crippen molar-refractivity contribution in [2.24, 2.45) is 11.7 Å². The van der Waals surface area contributed by atoms with Crippen LogP contribution in [0.1, 0.15) is 30.1 Å². The molecule has 0 spiro atoms. The number of rotatable bonds is 4. The van der Waals surface area contributed by atoms with Gasteiger partial charge in [0, 0.05) is 22.0 Å². The first-order valence-corrected chi connectivity index (χ1v) is 7.41. The van der Waals surface area contributed by atoms with Crippen molar-refractivity contribution in [3.63, 3.8) is 0 Å². The van der Waals surface area contributed by atoms with E-state index in [1.54, 1.807) is 7.11 Å². The summed E-state index contributed by atoms with van der Waals surface area (Å²) in [6.07, 6.45) is 4.07. The number of hydrogen-bond donors (Lipinski definition) is 1. The van der Waals surface area contributed by atoms with E-state index in [4.69, 9.17) is 10.5 Å². The largest absolute Gasteiger partial charge is 0.497 e. The molecule has 1 heterocycles. The molecule has 0 amide bonds. The van der Waals surface area contributed by atoms with Gasteiger partial charge in [-0.05, 0) is 48.4 Å². The van der Waals surface area contributed by atoms with E-state index in [0.717, 1.165) is 18.2 Å². The quantitative estimate of drug-likeness (QED) is 0.909. The van der Waals surface area contributed by atoms with E-state index in [9.17, 15) is 0 Å². The standard InChI is InChI=1S/C15H19NOS/c1-17-12-5-6-14-11(7-12)8-15(18-14)13(9-16)10-3-2-4-10/h5-8,10,13H,2-4,9,16H2,1H3. The number of ether oxygens (including phenoxy) is 1. The molecular formula is C15H19NOS. The molecule has 3 heteroatoms. The van der Waals surface area contributed by atoms with Crippen LogP contribution in [0.4, 0.5) is 0 Å². The third kappa shape index (κ3) is 2.02. The van der Waals surface area contributed by atoms with Crippen LogP contribution in [0.5, 0.6) is 5.75 Å². The average molecular weight is 261 g/mol. The molecule has 1 aromatic carbocycles. The first kappa shape index (κ1) is 12.0. The van der Waals surface area contributed by atoms with Gasteiger partial charge >= 0.3 is 0 Å². The predicted molar refractivity (Wildman–Crippen MR) is 77.5 cm³/mol. The summed E-state index contributed by atoms with van der Waals surface area (Å²) < 4.78 is 6.61. The summed E-state index contributed by atoms with van der Waals surface area (Å²) >= 11 is 1.89. The summed E-state index contributed by atoms with van der Waals surface area (Å²) in [6.45, 7) is 0.772. The zero-order valence-electron chi connectivity index (χ0n) is 10.7. The highest BCUT2D eigenvalue weighted by atomic mass is 32.1. The fraction of sp³-hybridized carbons (Fsp3) is 0.467. The summed E-state index contributed by atoms with van der Waals surface area (Å²) in [5, 5.41) is 1.28. The Balaban J connectivity index is 1.95. The van der Waals surface area contributed by atoms with Crippen LogP contribution in [0, 0.1) is 5.92 Å². The van der Waals surface area contributed by atoms with Crippen molar-refractivity contribution in [3.05, 3.63) is 29.1 Å². The van der Waals surface area contributed by atoms with Crippen LogP contribution in [0.15, 0.2) is 24.3 Å². The normalized spacial score (nSPS) is 17.7. The SMILES string of the molecule is COc1ccc2sc(C(CN)C3CCC3)cc2c1. The molecule has 1 saturated carbocycles. The smallest absolute Gasteiger partial charge is 0.119 e. The van der Waals surface area contributed by atoms with Crippen molar-refractivity contribution >= 4 is 21.4 Å². The molecule has 1 aliphatic carbocycles. The summed E-state index contributed by atoms with van der Waals surface area (Å²) in [4.78, 5) is 1.45. The van der Waals surface area contributed by atoms with Crippen LogP contribution in [-0.2, 0) is 0 Å². The van der Waals surface area contributed by atoms with Crippen molar-refractivity contribution < 1.29 is 4.74 Å². The number of methoxy groups -OCH3 is 1. The number of thiophene rings is 1. The van der Waals surface area contributed by atoms with Crippen LogP contribution < -0.4 is 10.5 Å². The lowest BCUT2D eigenvalue weighted by Gasteiger charge is -2.32. The molecule has 3 rings (SSSR count). The summed E-state index contributed by atoms with van der Waals surface area (Å²) in [6, 6.07) is 8.60. The number of fused-ring (bicyclic) bond motifs is 1. The molecule has 1 aromatic heterocycles. The van der Waals surface area contributed by atoms with Gasteiger partial charge in [-0.1, -0.05) is 6.42 Å². The Morgan fingerprint density at radius 1 is 1.39 bits per heavy atom. The molecular weight excluding hydrogens is 242 g/mol. The zero-order chi connectivity index (χ0) is 12.5. The first-order valence-electron chi connectivity index (χ1n) is 6.59. The second-order valence-corrected chi connectivity index (χ2v) is 6.20. The van der Waals surface area contributed by atoms with Crippen molar-refractivity contribution in [3.8, 4) is 5.75 Å². The van der Waals surface area contributed by atoms with Gasteiger partial charge in [-0.25, -0.2) is 0 Å². The van der Waals surface area contributed by atoms with Crippen LogP contribution in [0.2, 0.25) is 0 Å². The average Bonchev–Trinajstić information content (AvgIpc) is 2.75. The molecule has 1 fully saturated rings. The highest BCUT2D eigenvalue weighted by molar-refractivity contribution is 7.19. The Morgan fingerprint density at radius 2 is 2.22 bits per heavy atom. The molecule has 0 saturated heterocycles. The summed E-state index contributed by atoms with van der Waals surface area (Å²) in [5.74, 6) is 2.30. The van der Waals surface area contributed by atoms with E-state index in [1.807, 2.05) is 17.4 Å². The maximum Gasteiger partial charge on any atom is 0.119 e. The maximum absolute atomic E-state index is 5.98. The summed E-state index contributed by atoms with van der Waals surface area (Å²) in [5.41, 5.74) is 5.98. The molecule has 2 aromatic rings. The maximum atomic E-state index is 5.98. The number of nitrogens with two attached hydrogens (primary N) is 1. The van der Waals surface area contributed by atoms with E-state index < -0.39 is 0 Å². The van der Waals surface area contributed by atoms with Gasteiger partial charge in [0.1, 0.15) is 5.75 Å². The van der Waals surface area contributed by atoms with Crippen molar-refractivity contribution in [2.45, 2.75) is 25.2 Å². The molecule has 1 aliphatic rings. The molecule has 96 valence electrons. The Morgan fingerprint density at radius 3 is 2.83 bits per heavy atom. The lowest BCUT2D eigenvalue weighted by atomic mass is 9.75. The lowest BCUT2D eigenvalue weighted by Crippen LogP contribution is -2.25. The molecule has 0 bridgehead atoms. The van der Waals surface area contributed by atoms with Gasteiger partial charge in [0.2, 0.25) is 0 Å². The van der Waals surface area contributed by atoms with Crippen LogP contribution in [0.3, 0.4) is 0 Å². The van der Waals surface area contributed by atoms with Crippen LogP contribution >= 0.6 is 11.3 Å². The molecule has 0 radical (unpaired) electrons. The van der Waals surface area contributed by atoms with Gasteiger partial charge in [-0.2, -0.15) is 0 Å². The van der Waals surface area contributed by atoms with Gasteiger partial charge in [-0.3, -0.25) is 0 Å². The minimum absolute atomic E-state index is 0.558. The van der Waals surface area contributed by atoms with E-state index in [0.29, 0.717) is 5.92 Å². The topological polar surface area (TPSA) is 35.2 Å². The van der Waals surface area contributed by atoms with Crippen LogP contribution in [0.25, 0.3) is 10.1 Å². The van der Waals surface area contributed by atoms with Crippen molar-refractivity contribution in [1.29, 1.82) is 0 Å². The third-order valence-electron chi connectivity index (χ3n) is 4.08. The van der Waals surface area contributed by atoms with Crippen molar-refractivity contribution in [2.75, 3.05) is 13.7 Å². The van der Waals surface area contributed by atoms with E-state index in [2.05, 4.69) is 18.2 Å². The first-order chi connectivity index (χ1) is 8.81. The van der Waals surface area contributed by atoms with Gasteiger partial charge in [0.25, 0.3) is 0 Å². The van der Waals surface area contributed by atoms with E-state index >= 15 is 0 Å². The summed E-state index contributed by atoms with van der Waals surface area (Å²) in [7, 11) is 1.71. The van der Waals surface area contributed by atoms with E-state index in [-0.39, 0.29) is 0 Å². The highest BCUT2D eigenvalue weighted by Crippen LogP contribution is 2.42. The molecule has 1 atom stereocenters. The number of hydrogen-bond acceptors (Lipinski definition) is 3. The molecule has 2 N–H and O–H groups in total. The molecule has 18 heavy (non-hydrogen) atoms. The second kappa shape index (κ2) is 4.90. The Hall–Kier alpha value is -1.06. The fourth-order valence-electron chi connectivity index (χ4n) is 2.73. The highest BCUT2D eigenvalue weighted by Gasteiger charge is 2.28. The number of benzene rings is 1. The zero-order valence-corrected chi connectivity index (χ0v) is 11.5. The van der Waals surface area contributed by atoms with Gasteiger partial charge in [0.05, 0.1) is 7.11 Å². The minimum Gasteiger partial charge on any atom is -0.497 e. The van der Waals surface area contributed by atoms with Gasteiger partial charge < -0.3 is 10.5 Å². The van der Waals surface area contributed by atoms with Gasteiger partial charge in [0.15, 0.2) is 0 Å². The minimum atomic E-state index is 0.558. The molecule has 2 nitrogen and oxygen atoms in total. The lowest BCUT2D eigenvalue weighted by molar-refractivity contribution is 0.266. The van der Waals surface area contributed by atoms with Crippen molar-refractivity contribution in [1.82, 2.24) is 0 Å². The Labute approximate surface area is 112 Å². The molecule has 1 unspecified atom stereocenters. The monoisotopic (exact) mass is 261 g/mol. The predicted octanol–water partition coefficient (Wildman–Crippen LogP) is 3.75. The Bertz CT molecular complexity index is 544.